The van der Waals surface area contributed by atoms with Crippen LogP contribution in [0.25, 0.3) is 0 Å². The number of rotatable bonds is 9. The van der Waals surface area contributed by atoms with E-state index in [0.29, 0.717) is 5.75 Å². The molecule has 0 spiro atoms. The monoisotopic (exact) mass is 433 g/mol. The Balaban J connectivity index is 1.41. The first kappa shape index (κ1) is 22.1. The van der Waals surface area contributed by atoms with Crippen molar-refractivity contribution in [3.8, 4) is 5.75 Å². The Morgan fingerprint density at radius 2 is 1.61 bits per heavy atom. The lowest BCUT2D eigenvalue weighted by molar-refractivity contribution is -0.120. The van der Waals surface area contributed by atoms with Crippen LogP contribution in [0, 0.1) is 0 Å². The number of hydrogen-bond donors (Lipinski definition) is 2. The van der Waals surface area contributed by atoms with Crippen molar-refractivity contribution < 1.29 is 14.3 Å². The number of hydrogen-bond acceptors (Lipinski definition) is 5. The van der Waals surface area contributed by atoms with Gasteiger partial charge in [0.1, 0.15) is 5.75 Å². The van der Waals surface area contributed by atoms with Crippen LogP contribution in [0.4, 0.5) is 5.69 Å². The van der Waals surface area contributed by atoms with E-state index in [4.69, 9.17) is 4.74 Å². The molecule has 1 unspecified atom stereocenters. The Kier molecular flexibility index (Phi) is 8.25. The van der Waals surface area contributed by atoms with Gasteiger partial charge in [-0.1, -0.05) is 36.4 Å². The highest BCUT2D eigenvalue weighted by atomic mass is 32.2. The van der Waals surface area contributed by atoms with Crippen molar-refractivity contribution in [3.63, 3.8) is 0 Å². The number of benzene rings is 3. The van der Waals surface area contributed by atoms with Gasteiger partial charge in [0.25, 0.3) is 11.8 Å². The zero-order chi connectivity index (χ0) is 21.9. The van der Waals surface area contributed by atoms with Crippen molar-refractivity contribution in [2.75, 3.05) is 11.9 Å². The SMILES string of the molecule is CC(Sc1ccccc1)C(=O)N/N=C/c1ccc(OCC(=O)Nc2ccccc2)cc1. The first-order valence-corrected chi connectivity index (χ1v) is 10.6. The fraction of sp³-hybridized carbons (Fsp3) is 0.125. The second-order valence-corrected chi connectivity index (χ2v) is 7.99. The molecule has 31 heavy (non-hydrogen) atoms. The van der Waals surface area contributed by atoms with Crippen LogP contribution < -0.4 is 15.5 Å². The Morgan fingerprint density at radius 1 is 0.968 bits per heavy atom. The van der Waals surface area contributed by atoms with E-state index < -0.39 is 0 Å². The lowest BCUT2D eigenvalue weighted by Crippen LogP contribution is -2.26. The molecule has 3 rings (SSSR count). The quantitative estimate of drug-likeness (QED) is 0.299. The molecule has 7 heteroatoms. The summed E-state index contributed by atoms with van der Waals surface area (Å²) < 4.78 is 5.50. The molecule has 0 saturated carbocycles. The van der Waals surface area contributed by atoms with Gasteiger partial charge in [0.05, 0.1) is 11.5 Å². The van der Waals surface area contributed by atoms with Crippen LogP contribution in [0.2, 0.25) is 0 Å². The minimum absolute atomic E-state index is 0.0879. The Bertz CT molecular complexity index is 1010. The number of anilines is 1. The van der Waals surface area contributed by atoms with Gasteiger partial charge in [-0.2, -0.15) is 5.10 Å². The highest BCUT2D eigenvalue weighted by Gasteiger charge is 2.13. The van der Waals surface area contributed by atoms with Crippen molar-refractivity contribution in [3.05, 3.63) is 90.5 Å². The van der Waals surface area contributed by atoms with Gasteiger partial charge >= 0.3 is 0 Å². The summed E-state index contributed by atoms with van der Waals surface area (Å²) >= 11 is 1.47. The lowest BCUT2D eigenvalue weighted by Gasteiger charge is -2.09. The molecular formula is C24H23N3O3S. The number of thioether (sulfide) groups is 1. The average Bonchev–Trinajstić information content (AvgIpc) is 2.80. The topological polar surface area (TPSA) is 79.8 Å². The van der Waals surface area contributed by atoms with E-state index in [0.717, 1.165) is 16.1 Å². The summed E-state index contributed by atoms with van der Waals surface area (Å²) in [6.45, 7) is 1.75. The predicted octanol–water partition coefficient (Wildman–Crippen LogP) is 4.34. The summed E-state index contributed by atoms with van der Waals surface area (Å²) in [6.07, 6.45) is 1.56. The minimum Gasteiger partial charge on any atom is -0.484 e. The first-order valence-electron chi connectivity index (χ1n) is 9.72. The summed E-state index contributed by atoms with van der Waals surface area (Å²) in [6, 6.07) is 26.0. The van der Waals surface area contributed by atoms with Crippen molar-refractivity contribution in [1.82, 2.24) is 5.43 Å². The molecule has 0 aromatic heterocycles. The highest BCUT2D eigenvalue weighted by molar-refractivity contribution is 8.00. The number of carbonyl (C=O) groups excluding carboxylic acids is 2. The van der Waals surface area contributed by atoms with Crippen LogP contribution in [-0.2, 0) is 9.59 Å². The number of amides is 2. The first-order chi connectivity index (χ1) is 15.1. The molecule has 0 heterocycles. The standard InChI is InChI=1S/C24H23N3O3S/c1-18(31-22-10-6-3-7-11-22)24(29)27-25-16-19-12-14-21(15-13-19)30-17-23(28)26-20-8-4-2-5-9-20/h2-16,18H,17H2,1H3,(H,26,28)(H,27,29)/b25-16+. The maximum atomic E-state index is 12.2. The van der Waals surface area contributed by atoms with Crippen LogP contribution in [0.5, 0.6) is 5.75 Å². The fourth-order valence-electron chi connectivity index (χ4n) is 2.54. The molecule has 2 N–H and O–H groups in total. The van der Waals surface area contributed by atoms with Crippen LogP contribution in [0.1, 0.15) is 12.5 Å². The van der Waals surface area contributed by atoms with E-state index in [1.165, 1.54) is 11.8 Å². The zero-order valence-electron chi connectivity index (χ0n) is 17.0. The lowest BCUT2D eigenvalue weighted by atomic mass is 10.2. The molecule has 6 nitrogen and oxygen atoms in total. The van der Waals surface area contributed by atoms with Crippen LogP contribution in [0.3, 0.4) is 0 Å². The molecule has 2 amide bonds. The Hall–Kier alpha value is -3.58. The van der Waals surface area contributed by atoms with Gasteiger partial charge in [-0.05, 0) is 61.0 Å². The molecule has 0 radical (unpaired) electrons. The summed E-state index contributed by atoms with van der Waals surface area (Å²) in [5.74, 6) is 0.161. The third-order valence-corrected chi connectivity index (χ3v) is 5.23. The van der Waals surface area contributed by atoms with Gasteiger partial charge in [-0.3, -0.25) is 9.59 Å². The Labute approximate surface area is 185 Å². The van der Waals surface area contributed by atoms with Gasteiger partial charge in [0.2, 0.25) is 0 Å². The van der Waals surface area contributed by atoms with Gasteiger partial charge in [0.15, 0.2) is 6.61 Å². The van der Waals surface area contributed by atoms with Crippen LogP contribution in [-0.4, -0.2) is 29.9 Å². The number of para-hydroxylation sites is 1. The number of hydrazone groups is 1. The van der Waals surface area contributed by atoms with E-state index in [9.17, 15) is 9.59 Å². The van der Waals surface area contributed by atoms with Gasteiger partial charge in [0, 0.05) is 10.6 Å². The Morgan fingerprint density at radius 3 is 2.29 bits per heavy atom. The molecule has 0 aliphatic heterocycles. The summed E-state index contributed by atoms with van der Waals surface area (Å²) in [7, 11) is 0. The molecule has 0 aliphatic carbocycles. The fourth-order valence-corrected chi connectivity index (χ4v) is 3.42. The van der Waals surface area contributed by atoms with Gasteiger partial charge in [-0.25, -0.2) is 5.43 Å². The maximum absolute atomic E-state index is 12.2. The second-order valence-electron chi connectivity index (χ2n) is 6.58. The third-order valence-electron chi connectivity index (χ3n) is 4.12. The predicted molar refractivity (Wildman–Crippen MR) is 125 cm³/mol. The van der Waals surface area contributed by atoms with E-state index in [1.54, 1.807) is 30.5 Å². The molecule has 0 fully saturated rings. The molecule has 0 aliphatic rings. The molecular weight excluding hydrogens is 410 g/mol. The van der Waals surface area contributed by atoms with Crippen molar-refractivity contribution >= 4 is 35.5 Å². The number of nitrogens with one attached hydrogen (secondary N) is 2. The molecule has 3 aromatic rings. The summed E-state index contributed by atoms with van der Waals surface area (Å²) in [4.78, 5) is 25.1. The largest absolute Gasteiger partial charge is 0.484 e. The van der Waals surface area contributed by atoms with Crippen molar-refractivity contribution in [2.24, 2.45) is 5.10 Å². The highest BCUT2D eigenvalue weighted by Crippen LogP contribution is 2.22. The van der Waals surface area contributed by atoms with Crippen molar-refractivity contribution in [1.29, 1.82) is 0 Å². The maximum Gasteiger partial charge on any atom is 0.262 e. The van der Waals surface area contributed by atoms with E-state index in [1.807, 2.05) is 67.6 Å². The number of carbonyl (C=O) groups is 2. The second kappa shape index (κ2) is 11.6. The molecule has 1 atom stereocenters. The van der Waals surface area contributed by atoms with Crippen LogP contribution in [0.15, 0.2) is 94.9 Å². The van der Waals surface area contributed by atoms with E-state index in [2.05, 4.69) is 15.8 Å². The average molecular weight is 434 g/mol. The third kappa shape index (κ3) is 7.64. The van der Waals surface area contributed by atoms with Crippen LogP contribution >= 0.6 is 11.8 Å². The van der Waals surface area contributed by atoms with Gasteiger partial charge < -0.3 is 10.1 Å². The van der Waals surface area contributed by atoms with E-state index in [-0.39, 0.29) is 23.7 Å². The molecule has 0 bridgehead atoms. The smallest absolute Gasteiger partial charge is 0.262 e. The van der Waals surface area contributed by atoms with E-state index >= 15 is 0 Å². The van der Waals surface area contributed by atoms with Gasteiger partial charge in [-0.15, -0.1) is 11.8 Å². The number of ether oxygens (including phenoxy) is 1. The summed E-state index contributed by atoms with van der Waals surface area (Å²) in [5.41, 5.74) is 4.07. The minimum atomic E-state index is -0.266. The molecule has 158 valence electrons. The summed E-state index contributed by atoms with van der Waals surface area (Å²) in [5, 5.41) is 6.51. The normalized spacial score (nSPS) is 11.6. The zero-order valence-corrected chi connectivity index (χ0v) is 17.8. The molecule has 0 saturated heterocycles. The van der Waals surface area contributed by atoms with Crippen molar-refractivity contribution in [2.45, 2.75) is 17.1 Å². The number of nitrogens with zero attached hydrogens (tertiary/aromatic N) is 1. The molecule has 3 aromatic carbocycles.